The van der Waals surface area contributed by atoms with Gasteiger partial charge < -0.3 is 16.8 Å². The van der Waals surface area contributed by atoms with Gasteiger partial charge in [-0.15, -0.1) is 0 Å². The highest BCUT2D eigenvalue weighted by Gasteiger charge is 2.44. The lowest BCUT2D eigenvalue weighted by atomic mass is 9.96. The number of hydrogen-bond acceptors (Lipinski definition) is 3. The molecule has 5 heteroatoms. The van der Waals surface area contributed by atoms with Gasteiger partial charge in [0.2, 0.25) is 11.8 Å². The van der Waals surface area contributed by atoms with Crippen LogP contribution in [0, 0.1) is 5.92 Å². The van der Waals surface area contributed by atoms with E-state index in [1.54, 1.807) is 31.2 Å². The van der Waals surface area contributed by atoms with Crippen LogP contribution in [0.3, 0.4) is 0 Å². The summed E-state index contributed by atoms with van der Waals surface area (Å²) in [4.78, 5) is 22.8. The van der Waals surface area contributed by atoms with Crippen molar-refractivity contribution < 1.29 is 9.59 Å². The summed E-state index contributed by atoms with van der Waals surface area (Å²) >= 11 is 0. The third-order valence-corrected chi connectivity index (χ3v) is 3.50. The van der Waals surface area contributed by atoms with Crippen molar-refractivity contribution in [2.75, 3.05) is 5.32 Å². The van der Waals surface area contributed by atoms with Gasteiger partial charge in [0.1, 0.15) is 0 Å². The highest BCUT2D eigenvalue weighted by molar-refractivity contribution is 5.98. The molecule has 2 rings (SSSR count). The fraction of sp³-hybridized carbons (Fsp3) is 0.429. The first-order chi connectivity index (χ1) is 8.89. The van der Waals surface area contributed by atoms with Crippen molar-refractivity contribution in [2.24, 2.45) is 17.4 Å². The molecule has 102 valence electrons. The minimum Gasteiger partial charge on any atom is -0.369 e. The van der Waals surface area contributed by atoms with E-state index in [-0.39, 0.29) is 24.2 Å². The minimum absolute atomic E-state index is 0.169. The zero-order valence-electron chi connectivity index (χ0n) is 11.0. The molecule has 1 aromatic carbocycles. The van der Waals surface area contributed by atoms with Gasteiger partial charge in [0, 0.05) is 5.69 Å². The van der Waals surface area contributed by atoms with Crippen LogP contribution in [0.25, 0.3) is 0 Å². The van der Waals surface area contributed by atoms with Gasteiger partial charge in [-0.1, -0.05) is 12.1 Å². The maximum Gasteiger partial charge on any atom is 0.244 e. The smallest absolute Gasteiger partial charge is 0.244 e. The molecule has 2 amide bonds. The fourth-order valence-corrected chi connectivity index (χ4v) is 2.04. The molecule has 5 nitrogen and oxygen atoms in total. The molecular weight excluding hydrogens is 242 g/mol. The van der Waals surface area contributed by atoms with E-state index in [9.17, 15) is 9.59 Å². The van der Waals surface area contributed by atoms with E-state index in [1.165, 1.54) is 0 Å². The number of anilines is 1. The first-order valence-corrected chi connectivity index (χ1v) is 6.37. The molecule has 1 aromatic rings. The Kier molecular flexibility index (Phi) is 3.57. The predicted octanol–water partition coefficient (Wildman–Crippen LogP) is 0.780. The summed E-state index contributed by atoms with van der Waals surface area (Å²) in [5, 5.41) is 2.80. The van der Waals surface area contributed by atoms with E-state index in [0.29, 0.717) is 5.69 Å². The molecule has 1 fully saturated rings. The Balaban J connectivity index is 1.99. The molecule has 1 aliphatic rings. The molecule has 5 N–H and O–H groups in total. The zero-order valence-corrected chi connectivity index (χ0v) is 11.0. The standard InChI is InChI=1S/C14H19N3O2/c1-14(16,10-4-5-10)13(19)17-11-6-2-9(3-7-11)8-12(15)18/h2-3,6-7,10H,4-5,8,16H2,1H3,(H2,15,18)(H,17,19). The molecule has 1 atom stereocenters. The second-order valence-electron chi connectivity index (χ2n) is 5.35. The maximum absolute atomic E-state index is 12.1. The van der Waals surface area contributed by atoms with E-state index >= 15 is 0 Å². The molecule has 0 spiro atoms. The van der Waals surface area contributed by atoms with Gasteiger partial charge in [-0.3, -0.25) is 9.59 Å². The second kappa shape index (κ2) is 5.01. The van der Waals surface area contributed by atoms with Crippen LogP contribution in [0.5, 0.6) is 0 Å². The number of nitrogens with two attached hydrogens (primary N) is 2. The number of primary amides is 1. The summed E-state index contributed by atoms with van der Waals surface area (Å²) in [6.45, 7) is 1.77. The van der Waals surface area contributed by atoms with Crippen molar-refractivity contribution in [3.05, 3.63) is 29.8 Å². The molecule has 0 saturated heterocycles. The van der Waals surface area contributed by atoms with Crippen molar-refractivity contribution in [1.29, 1.82) is 0 Å². The Morgan fingerprint density at radius 2 is 1.89 bits per heavy atom. The van der Waals surface area contributed by atoms with E-state index in [0.717, 1.165) is 18.4 Å². The van der Waals surface area contributed by atoms with Crippen LogP contribution in [0.2, 0.25) is 0 Å². The largest absolute Gasteiger partial charge is 0.369 e. The van der Waals surface area contributed by atoms with Crippen molar-refractivity contribution in [2.45, 2.75) is 31.7 Å². The summed E-state index contributed by atoms with van der Waals surface area (Å²) in [7, 11) is 0. The third-order valence-electron chi connectivity index (χ3n) is 3.50. The monoisotopic (exact) mass is 261 g/mol. The lowest BCUT2D eigenvalue weighted by Crippen LogP contribution is -2.50. The van der Waals surface area contributed by atoms with Gasteiger partial charge in [-0.2, -0.15) is 0 Å². The third kappa shape index (κ3) is 3.32. The minimum atomic E-state index is -0.814. The number of carbonyl (C=O) groups excluding carboxylic acids is 2. The lowest BCUT2D eigenvalue weighted by molar-refractivity contribution is -0.121. The molecule has 0 heterocycles. The molecule has 0 bridgehead atoms. The van der Waals surface area contributed by atoms with Crippen LogP contribution in [-0.4, -0.2) is 17.4 Å². The lowest BCUT2D eigenvalue weighted by Gasteiger charge is -2.23. The van der Waals surface area contributed by atoms with Crippen LogP contribution in [-0.2, 0) is 16.0 Å². The van der Waals surface area contributed by atoms with Gasteiger partial charge in [-0.05, 0) is 43.4 Å². The Morgan fingerprint density at radius 3 is 2.37 bits per heavy atom. The van der Waals surface area contributed by atoms with Crippen LogP contribution >= 0.6 is 0 Å². The summed E-state index contributed by atoms with van der Waals surface area (Å²) in [5.41, 5.74) is 11.8. The predicted molar refractivity (Wildman–Crippen MR) is 73.3 cm³/mol. The van der Waals surface area contributed by atoms with Gasteiger partial charge in [0.15, 0.2) is 0 Å². The topological polar surface area (TPSA) is 98.2 Å². The summed E-state index contributed by atoms with van der Waals surface area (Å²) in [6, 6.07) is 7.04. The average molecular weight is 261 g/mol. The molecule has 1 saturated carbocycles. The highest BCUT2D eigenvalue weighted by atomic mass is 16.2. The van der Waals surface area contributed by atoms with Crippen molar-refractivity contribution in [1.82, 2.24) is 0 Å². The normalized spacial score (nSPS) is 17.6. The summed E-state index contributed by atoms with van der Waals surface area (Å²) in [6.07, 6.45) is 2.22. The Bertz CT molecular complexity index is 490. The number of nitrogens with one attached hydrogen (secondary N) is 1. The van der Waals surface area contributed by atoms with Gasteiger partial charge >= 0.3 is 0 Å². The van der Waals surface area contributed by atoms with Gasteiger partial charge in [-0.25, -0.2) is 0 Å². The van der Waals surface area contributed by atoms with E-state index in [4.69, 9.17) is 11.5 Å². The van der Waals surface area contributed by atoms with E-state index < -0.39 is 5.54 Å². The number of amides is 2. The second-order valence-corrected chi connectivity index (χ2v) is 5.35. The van der Waals surface area contributed by atoms with Gasteiger partial charge in [0.25, 0.3) is 0 Å². The first-order valence-electron chi connectivity index (χ1n) is 6.37. The zero-order chi connectivity index (χ0) is 14.0. The molecule has 1 aliphatic carbocycles. The van der Waals surface area contributed by atoms with Crippen molar-refractivity contribution >= 4 is 17.5 Å². The summed E-state index contributed by atoms with van der Waals surface area (Å²) < 4.78 is 0. The van der Waals surface area contributed by atoms with Gasteiger partial charge in [0.05, 0.1) is 12.0 Å². The first kappa shape index (κ1) is 13.5. The Morgan fingerprint density at radius 1 is 1.32 bits per heavy atom. The number of hydrogen-bond donors (Lipinski definition) is 3. The number of carbonyl (C=O) groups is 2. The Hall–Kier alpha value is -1.88. The fourth-order valence-electron chi connectivity index (χ4n) is 2.04. The average Bonchev–Trinajstić information content (AvgIpc) is 3.15. The molecule has 0 aliphatic heterocycles. The Labute approximate surface area is 112 Å². The van der Waals surface area contributed by atoms with Crippen LogP contribution in [0.15, 0.2) is 24.3 Å². The number of rotatable bonds is 5. The number of benzene rings is 1. The van der Waals surface area contributed by atoms with Crippen LogP contribution in [0.4, 0.5) is 5.69 Å². The van der Waals surface area contributed by atoms with E-state index in [1.807, 2.05) is 0 Å². The summed E-state index contributed by atoms with van der Waals surface area (Å²) in [5.74, 6) is -0.265. The van der Waals surface area contributed by atoms with Crippen LogP contribution in [0.1, 0.15) is 25.3 Å². The molecule has 0 aromatic heterocycles. The van der Waals surface area contributed by atoms with Crippen molar-refractivity contribution in [3.8, 4) is 0 Å². The quantitative estimate of drug-likeness (QED) is 0.730. The van der Waals surface area contributed by atoms with Crippen molar-refractivity contribution in [3.63, 3.8) is 0 Å². The highest BCUT2D eigenvalue weighted by Crippen LogP contribution is 2.38. The molecule has 19 heavy (non-hydrogen) atoms. The molecular formula is C14H19N3O2. The molecule has 1 unspecified atom stereocenters. The molecule has 0 radical (unpaired) electrons. The maximum atomic E-state index is 12.1. The van der Waals surface area contributed by atoms with Crippen LogP contribution < -0.4 is 16.8 Å². The van der Waals surface area contributed by atoms with E-state index in [2.05, 4.69) is 5.32 Å². The SMILES string of the molecule is CC(N)(C(=O)Nc1ccc(CC(N)=O)cc1)C1CC1.